The van der Waals surface area contributed by atoms with Gasteiger partial charge in [-0.1, -0.05) is 0 Å². The second-order valence-corrected chi connectivity index (χ2v) is 5.26. The number of imide groups is 1. The van der Waals surface area contributed by atoms with Gasteiger partial charge in [0.1, 0.15) is 5.54 Å². The van der Waals surface area contributed by atoms with Gasteiger partial charge in [-0.25, -0.2) is 4.79 Å². The van der Waals surface area contributed by atoms with Gasteiger partial charge in [0.2, 0.25) is 0 Å². The Morgan fingerprint density at radius 3 is 2.31 bits per heavy atom. The molecule has 0 radical (unpaired) electrons. The van der Waals surface area contributed by atoms with Gasteiger partial charge in [-0.2, -0.15) is 0 Å². The van der Waals surface area contributed by atoms with Crippen molar-refractivity contribution >= 4 is 11.9 Å². The van der Waals surface area contributed by atoms with Crippen LogP contribution in [0.25, 0.3) is 0 Å². The van der Waals surface area contributed by atoms with Crippen molar-refractivity contribution < 1.29 is 9.59 Å². The molecule has 0 aromatic heterocycles. The molecule has 5 heteroatoms. The second-order valence-electron chi connectivity index (χ2n) is 5.26. The smallest absolute Gasteiger partial charge is 0.325 e. The van der Waals surface area contributed by atoms with Crippen LogP contribution in [0.4, 0.5) is 4.79 Å². The summed E-state index contributed by atoms with van der Waals surface area (Å²) in [6, 6.07) is 0.127. The molecule has 0 bridgehead atoms. The maximum absolute atomic E-state index is 12.1. The molecule has 0 unspecified atom stereocenters. The zero-order valence-corrected chi connectivity index (χ0v) is 9.24. The van der Waals surface area contributed by atoms with Gasteiger partial charge in [0.15, 0.2) is 0 Å². The fourth-order valence-corrected chi connectivity index (χ4v) is 2.80. The number of carbonyl (C=O) groups excluding carboxylic acids is 2. The highest BCUT2D eigenvalue weighted by Gasteiger charge is 2.60. The number of urea groups is 1. The first kappa shape index (κ1) is 10.1. The van der Waals surface area contributed by atoms with Gasteiger partial charge >= 0.3 is 6.03 Å². The van der Waals surface area contributed by atoms with Crippen LogP contribution in [0.5, 0.6) is 0 Å². The number of nitrogens with one attached hydrogen (secondary N) is 1. The van der Waals surface area contributed by atoms with Crippen LogP contribution in [0.2, 0.25) is 0 Å². The lowest BCUT2D eigenvalue weighted by atomic mass is 9.91. The SMILES string of the molecule is NC1CCC(N2C(=O)NC3(CC3)C2=O)CC1. The maximum Gasteiger partial charge on any atom is 0.325 e. The summed E-state index contributed by atoms with van der Waals surface area (Å²) >= 11 is 0. The second kappa shape index (κ2) is 3.20. The Morgan fingerprint density at radius 2 is 1.81 bits per heavy atom. The van der Waals surface area contributed by atoms with Gasteiger partial charge in [-0.05, 0) is 38.5 Å². The first-order valence-electron chi connectivity index (χ1n) is 6.04. The molecule has 0 aromatic carbocycles. The van der Waals surface area contributed by atoms with E-state index in [0.29, 0.717) is 0 Å². The molecule has 3 rings (SSSR count). The predicted molar refractivity (Wildman–Crippen MR) is 57.6 cm³/mol. The Bertz CT molecular complexity index is 343. The molecule has 5 nitrogen and oxygen atoms in total. The molecule has 1 heterocycles. The highest BCUT2D eigenvalue weighted by Crippen LogP contribution is 2.42. The molecule has 88 valence electrons. The Labute approximate surface area is 94.3 Å². The van der Waals surface area contributed by atoms with E-state index < -0.39 is 5.54 Å². The van der Waals surface area contributed by atoms with Crippen molar-refractivity contribution in [3.05, 3.63) is 0 Å². The minimum Gasteiger partial charge on any atom is -0.328 e. The monoisotopic (exact) mass is 223 g/mol. The van der Waals surface area contributed by atoms with Crippen molar-refractivity contribution in [3.8, 4) is 0 Å². The van der Waals surface area contributed by atoms with Gasteiger partial charge in [0.25, 0.3) is 5.91 Å². The van der Waals surface area contributed by atoms with Crippen molar-refractivity contribution in [2.75, 3.05) is 0 Å². The summed E-state index contributed by atoms with van der Waals surface area (Å²) in [6.07, 6.45) is 5.15. The number of hydrogen-bond acceptors (Lipinski definition) is 3. The minimum absolute atomic E-state index is 0.00188. The number of carbonyl (C=O) groups is 2. The zero-order valence-electron chi connectivity index (χ0n) is 9.24. The van der Waals surface area contributed by atoms with Gasteiger partial charge in [0, 0.05) is 12.1 Å². The molecule has 3 aliphatic rings. The van der Waals surface area contributed by atoms with Crippen molar-refractivity contribution in [1.82, 2.24) is 10.2 Å². The summed E-state index contributed by atoms with van der Waals surface area (Å²) in [7, 11) is 0. The molecule has 1 aliphatic heterocycles. The van der Waals surface area contributed by atoms with Crippen LogP contribution in [0.3, 0.4) is 0 Å². The van der Waals surface area contributed by atoms with Crippen LogP contribution in [0, 0.1) is 0 Å². The van der Waals surface area contributed by atoms with E-state index in [-0.39, 0.29) is 24.0 Å². The van der Waals surface area contributed by atoms with E-state index in [2.05, 4.69) is 5.32 Å². The molecular formula is C11H17N3O2. The van der Waals surface area contributed by atoms with Gasteiger partial charge in [-0.15, -0.1) is 0 Å². The van der Waals surface area contributed by atoms with Crippen LogP contribution in [-0.2, 0) is 4.79 Å². The van der Waals surface area contributed by atoms with E-state index in [1.807, 2.05) is 0 Å². The molecule has 3 N–H and O–H groups in total. The molecule has 0 aromatic rings. The van der Waals surface area contributed by atoms with Crippen molar-refractivity contribution in [1.29, 1.82) is 0 Å². The molecule has 2 aliphatic carbocycles. The van der Waals surface area contributed by atoms with E-state index in [1.54, 1.807) is 0 Å². The van der Waals surface area contributed by atoms with Crippen LogP contribution in [0.1, 0.15) is 38.5 Å². The molecule has 3 fully saturated rings. The number of rotatable bonds is 1. The highest BCUT2D eigenvalue weighted by atomic mass is 16.2. The van der Waals surface area contributed by atoms with E-state index in [9.17, 15) is 9.59 Å². The lowest BCUT2D eigenvalue weighted by Crippen LogP contribution is -2.44. The summed E-state index contributed by atoms with van der Waals surface area (Å²) in [6.45, 7) is 0. The zero-order chi connectivity index (χ0) is 11.3. The summed E-state index contributed by atoms with van der Waals surface area (Å²) in [5.74, 6) is -0.00188. The highest BCUT2D eigenvalue weighted by molar-refractivity contribution is 6.09. The Hall–Kier alpha value is -1.10. The molecule has 0 atom stereocenters. The van der Waals surface area contributed by atoms with E-state index in [1.165, 1.54) is 4.90 Å². The fourth-order valence-electron chi connectivity index (χ4n) is 2.80. The Balaban J connectivity index is 1.75. The predicted octanol–water partition coefficient (Wildman–Crippen LogP) is 0.341. The number of nitrogens with zero attached hydrogens (tertiary/aromatic N) is 1. The average molecular weight is 223 g/mol. The van der Waals surface area contributed by atoms with Crippen molar-refractivity contribution in [3.63, 3.8) is 0 Å². The molecular weight excluding hydrogens is 206 g/mol. The van der Waals surface area contributed by atoms with Crippen LogP contribution in [0.15, 0.2) is 0 Å². The third-order valence-electron chi connectivity index (χ3n) is 4.05. The minimum atomic E-state index is -0.503. The Morgan fingerprint density at radius 1 is 1.19 bits per heavy atom. The molecule has 3 amide bonds. The summed E-state index contributed by atoms with van der Waals surface area (Å²) in [5, 5.41) is 2.82. The first-order valence-corrected chi connectivity index (χ1v) is 6.04. The number of hydrogen-bond donors (Lipinski definition) is 2. The molecule has 16 heavy (non-hydrogen) atoms. The van der Waals surface area contributed by atoms with Gasteiger partial charge in [-0.3, -0.25) is 9.69 Å². The topological polar surface area (TPSA) is 75.4 Å². The molecule has 1 spiro atoms. The fraction of sp³-hybridized carbons (Fsp3) is 0.818. The van der Waals surface area contributed by atoms with Gasteiger partial charge < -0.3 is 11.1 Å². The van der Waals surface area contributed by atoms with Gasteiger partial charge in [0.05, 0.1) is 0 Å². The van der Waals surface area contributed by atoms with Crippen LogP contribution in [-0.4, -0.2) is 34.5 Å². The van der Waals surface area contributed by atoms with Crippen LogP contribution >= 0.6 is 0 Å². The lowest BCUT2D eigenvalue weighted by molar-refractivity contribution is -0.130. The normalized spacial score (nSPS) is 36.7. The summed E-state index contributed by atoms with van der Waals surface area (Å²) < 4.78 is 0. The number of amides is 3. The quantitative estimate of drug-likeness (QED) is 0.629. The third-order valence-corrected chi connectivity index (χ3v) is 4.05. The standard InChI is InChI=1S/C11H17N3O2/c12-7-1-3-8(4-2-7)14-9(15)11(5-6-11)13-10(14)16/h7-8H,1-6,12H2,(H,13,16). The lowest BCUT2D eigenvalue weighted by Gasteiger charge is -2.31. The molecule has 2 saturated carbocycles. The largest absolute Gasteiger partial charge is 0.328 e. The molecule has 1 saturated heterocycles. The van der Waals surface area contributed by atoms with E-state index in [0.717, 1.165) is 38.5 Å². The van der Waals surface area contributed by atoms with Crippen LogP contribution < -0.4 is 11.1 Å². The van der Waals surface area contributed by atoms with E-state index >= 15 is 0 Å². The van der Waals surface area contributed by atoms with E-state index in [4.69, 9.17) is 5.73 Å². The summed E-state index contributed by atoms with van der Waals surface area (Å²) in [5.41, 5.74) is 5.32. The summed E-state index contributed by atoms with van der Waals surface area (Å²) in [4.78, 5) is 25.3. The average Bonchev–Trinajstić information content (AvgIpc) is 2.97. The van der Waals surface area contributed by atoms with Crippen molar-refractivity contribution in [2.45, 2.75) is 56.1 Å². The Kier molecular flexibility index (Phi) is 2.01. The third kappa shape index (κ3) is 1.34. The number of nitrogens with two attached hydrogens (primary N) is 1. The first-order chi connectivity index (χ1) is 7.62. The van der Waals surface area contributed by atoms with Crippen molar-refractivity contribution in [2.24, 2.45) is 5.73 Å². The maximum atomic E-state index is 12.1.